The fourth-order valence-corrected chi connectivity index (χ4v) is 9.44. The second kappa shape index (κ2) is 59.5. The maximum absolute atomic E-state index is 12.7. The van der Waals surface area contributed by atoms with Crippen molar-refractivity contribution >= 4 is 17.9 Å². The highest BCUT2D eigenvalue weighted by molar-refractivity contribution is 5.71. The SMILES string of the molecule is CCC/C=C\CCCCCCCC(=O)OC(COC(=O)CCCCCCCCC)COC(=O)CCCCCCCCCCCCCCCCCCCCCCCCC/C=C\CCCCCCCCCC. The molecule has 0 heterocycles. The zero-order valence-corrected chi connectivity index (χ0v) is 47.3. The predicted octanol–water partition coefficient (Wildman–Crippen LogP) is 21.1. The van der Waals surface area contributed by atoms with Gasteiger partial charge in [0.2, 0.25) is 0 Å². The number of rotatable bonds is 58. The maximum atomic E-state index is 12.7. The summed E-state index contributed by atoms with van der Waals surface area (Å²) in [6.07, 6.45) is 71.1. The van der Waals surface area contributed by atoms with E-state index < -0.39 is 6.10 Å². The lowest BCUT2D eigenvalue weighted by atomic mass is 10.0. The number of carbonyl (C=O) groups excluding carboxylic acids is 3. The first kappa shape index (κ1) is 67.9. The molecule has 1 unspecified atom stereocenters. The molecule has 0 aliphatic carbocycles. The summed E-state index contributed by atoms with van der Waals surface area (Å²) in [5.74, 6) is -0.872. The van der Waals surface area contributed by atoms with Gasteiger partial charge in [0.25, 0.3) is 0 Å². The summed E-state index contributed by atoms with van der Waals surface area (Å²) in [5, 5.41) is 0. The zero-order valence-electron chi connectivity index (χ0n) is 47.3. The third-order valence-electron chi connectivity index (χ3n) is 14.2. The first-order valence-electron chi connectivity index (χ1n) is 31.3. The van der Waals surface area contributed by atoms with Crippen LogP contribution in [0.25, 0.3) is 0 Å². The van der Waals surface area contributed by atoms with E-state index in [1.165, 1.54) is 231 Å². The van der Waals surface area contributed by atoms with E-state index in [2.05, 4.69) is 45.1 Å². The topological polar surface area (TPSA) is 78.9 Å². The van der Waals surface area contributed by atoms with E-state index in [-0.39, 0.29) is 31.1 Å². The van der Waals surface area contributed by atoms with Crippen LogP contribution < -0.4 is 0 Å². The monoisotopic (exact) mass is 985 g/mol. The Kier molecular flexibility index (Phi) is 57.7. The Bertz CT molecular complexity index is 1130. The van der Waals surface area contributed by atoms with Gasteiger partial charge < -0.3 is 14.2 Å². The van der Waals surface area contributed by atoms with Crippen LogP contribution in [0, 0.1) is 0 Å². The lowest BCUT2D eigenvalue weighted by molar-refractivity contribution is -0.167. The number of hydrogen-bond acceptors (Lipinski definition) is 6. The number of esters is 3. The van der Waals surface area contributed by atoms with Crippen molar-refractivity contribution in [2.75, 3.05) is 13.2 Å². The van der Waals surface area contributed by atoms with Crippen molar-refractivity contribution in [2.24, 2.45) is 0 Å². The molecular formula is C64H120O6. The van der Waals surface area contributed by atoms with Crippen LogP contribution >= 0.6 is 0 Å². The highest BCUT2D eigenvalue weighted by atomic mass is 16.6. The number of hydrogen-bond donors (Lipinski definition) is 0. The summed E-state index contributed by atoms with van der Waals surface area (Å²) >= 11 is 0. The third kappa shape index (κ3) is 56.8. The molecule has 6 nitrogen and oxygen atoms in total. The van der Waals surface area contributed by atoms with Crippen LogP contribution in [0.15, 0.2) is 24.3 Å². The molecule has 0 N–H and O–H groups in total. The quantitative estimate of drug-likeness (QED) is 0.0261. The van der Waals surface area contributed by atoms with Crippen molar-refractivity contribution in [3.8, 4) is 0 Å². The van der Waals surface area contributed by atoms with E-state index in [4.69, 9.17) is 14.2 Å². The Morgan fingerprint density at radius 1 is 0.271 bits per heavy atom. The van der Waals surface area contributed by atoms with E-state index in [0.29, 0.717) is 19.3 Å². The van der Waals surface area contributed by atoms with Gasteiger partial charge >= 0.3 is 17.9 Å². The Balaban J connectivity index is 3.82. The third-order valence-corrected chi connectivity index (χ3v) is 14.2. The maximum Gasteiger partial charge on any atom is 0.306 e. The number of ether oxygens (including phenoxy) is 3. The van der Waals surface area contributed by atoms with E-state index in [9.17, 15) is 14.4 Å². The molecule has 0 radical (unpaired) electrons. The van der Waals surface area contributed by atoms with E-state index in [1.54, 1.807) is 0 Å². The van der Waals surface area contributed by atoms with Crippen LogP contribution in [-0.4, -0.2) is 37.2 Å². The summed E-state index contributed by atoms with van der Waals surface area (Å²) in [7, 11) is 0. The standard InChI is InChI=1S/C64H120O6/c1-4-7-10-13-16-18-20-21-22-23-24-25-26-27-28-29-30-31-32-33-34-35-36-37-38-39-40-41-42-43-44-46-48-51-54-57-63(66)69-60-61(59-68-62(65)56-53-50-47-15-12-9-6-3)70-64(67)58-55-52-49-45-19-17-14-11-8-5-2/h11,14,23-24,61H,4-10,12-13,15-22,25-60H2,1-3H3/b14-11-,24-23-. The largest absolute Gasteiger partial charge is 0.462 e. The van der Waals surface area contributed by atoms with Crippen LogP contribution in [0.4, 0.5) is 0 Å². The van der Waals surface area contributed by atoms with Gasteiger partial charge in [-0.3, -0.25) is 14.4 Å². The minimum Gasteiger partial charge on any atom is -0.462 e. The van der Waals surface area contributed by atoms with Crippen molar-refractivity contribution in [3.63, 3.8) is 0 Å². The first-order chi connectivity index (χ1) is 34.5. The smallest absolute Gasteiger partial charge is 0.306 e. The van der Waals surface area contributed by atoms with Gasteiger partial charge in [0, 0.05) is 19.3 Å². The minimum atomic E-state index is -0.767. The van der Waals surface area contributed by atoms with Gasteiger partial charge in [-0.2, -0.15) is 0 Å². The molecule has 0 saturated heterocycles. The second-order valence-electron chi connectivity index (χ2n) is 21.3. The number of carbonyl (C=O) groups is 3. The van der Waals surface area contributed by atoms with Crippen molar-refractivity contribution < 1.29 is 28.6 Å². The van der Waals surface area contributed by atoms with Gasteiger partial charge in [0.1, 0.15) is 13.2 Å². The predicted molar refractivity (Wildman–Crippen MR) is 303 cm³/mol. The summed E-state index contributed by atoms with van der Waals surface area (Å²) in [6.45, 7) is 6.56. The lowest BCUT2D eigenvalue weighted by Gasteiger charge is -2.18. The number of allylic oxidation sites excluding steroid dienone is 4. The van der Waals surface area contributed by atoms with Crippen molar-refractivity contribution in [2.45, 2.75) is 354 Å². The highest BCUT2D eigenvalue weighted by Crippen LogP contribution is 2.18. The summed E-state index contributed by atoms with van der Waals surface area (Å²) in [5.41, 5.74) is 0. The van der Waals surface area contributed by atoms with Gasteiger partial charge in [-0.05, 0) is 64.2 Å². The molecular weight excluding hydrogens is 865 g/mol. The molecule has 0 aromatic rings. The van der Waals surface area contributed by atoms with Crippen LogP contribution in [0.2, 0.25) is 0 Å². The lowest BCUT2D eigenvalue weighted by Crippen LogP contribution is -2.30. The van der Waals surface area contributed by atoms with Crippen LogP contribution in [0.5, 0.6) is 0 Å². The fraction of sp³-hybridized carbons (Fsp3) is 0.891. The van der Waals surface area contributed by atoms with Gasteiger partial charge in [0.15, 0.2) is 6.10 Å². The molecule has 0 aromatic heterocycles. The molecule has 0 aromatic carbocycles. The average molecular weight is 986 g/mol. The zero-order chi connectivity index (χ0) is 50.7. The minimum absolute atomic E-state index is 0.0701. The van der Waals surface area contributed by atoms with Gasteiger partial charge in [-0.25, -0.2) is 0 Å². The molecule has 0 fully saturated rings. The Morgan fingerprint density at radius 2 is 0.500 bits per heavy atom. The van der Waals surface area contributed by atoms with Gasteiger partial charge in [0.05, 0.1) is 0 Å². The molecule has 0 amide bonds. The molecule has 0 spiro atoms. The molecule has 0 aliphatic rings. The number of unbranched alkanes of at least 4 members (excludes halogenated alkanes) is 43. The molecule has 70 heavy (non-hydrogen) atoms. The molecule has 0 rings (SSSR count). The second-order valence-corrected chi connectivity index (χ2v) is 21.3. The van der Waals surface area contributed by atoms with Crippen molar-refractivity contribution in [3.05, 3.63) is 24.3 Å². The Hall–Kier alpha value is -2.11. The summed E-state index contributed by atoms with van der Waals surface area (Å²) in [4.78, 5) is 37.8. The molecule has 0 aliphatic heterocycles. The first-order valence-corrected chi connectivity index (χ1v) is 31.3. The van der Waals surface area contributed by atoms with Gasteiger partial charge in [-0.15, -0.1) is 0 Å². The van der Waals surface area contributed by atoms with Gasteiger partial charge in [-0.1, -0.05) is 289 Å². The molecule has 0 bridgehead atoms. The van der Waals surface area contributed by atoms with E-state index in [1.807, 2.05) is 0 Å². The van der Waals surface area contributed by atoms with Crippen LogP contribution in [0.3, 0.4) is 0 Å². The summed E-state index contributed by atoms with van der Waals surface area (Å²) in [6, 6.07) is 0. The van der Waals surface area contributed by atoms with E-state index in [0.717, 1.165) is 77.0 Å². The molecule has 0 saturated carbocycles. The molecule has 6 heteroatoms. The van der Waals surface area contributed by atoms with Crippen molar-refractivity contribution in [1.82, 2.24) is 0 Å². The Labute approximate surface area is 436 Å². The highest BCUT2D eigenvalue weighted by Gasteiger charge is 2.19. The average Bonchev–Trinajstić information content (AvgIpc) is 3.36. The summed E-state index contributed by atoms with van der Waals surface area (Å²) < 4.78 is 16.7. The normalized spacial score (nSPS) is 12.1. The van der Waals surface area contributed by atoms with Crippen LogP contribution in [-0.2, 0) is 28.6 Å². The molecule has 1 atom stereocenters. The Morgan fingerprint density at radius 3 is 0.771 bits per heavy atom. The van der Waals surface area contributed by atoms with Crippen LogP contribution in [0.1, 0.15) is 348 Å². The molecule has 412 valence electrons. The fourth-order valence-electron chi connectivity index (χ4n) is 9.44. The van der Waals surface area contributed by atoms with Crippen molar-refractivity contribution in [1.29, 1.82) is 0 Å². The van der Waals surface area contributed by atoms with E-state index >= 15 is 0 Å².